The van der Waals surface area contributed by atoms with Crippen molar-refractivity contribution >= 4 is 15.7 Å². The Morgan fingerprint density at radius 1 is 1.03 bits per heavy atom. The van der Waals surface area contributed by atoms with Gasteiger partial charge in [0.15, 0.2) is 0 Å². The van der Waals surface area contributed by atoms with Gasteiger partial charge in [-0.1, -0.05) is 30.3 Å². The number of nitrogens with one attached hydrogen (secondary N) is 1. The third kappa shape index (κ3) is 5.04. The molecule has 5 unspecified atom stereocenters. The van der Waals surface area contributed by atoms with E-state index in [1.807, 2.05) is 0 Å². The maximum atomic E-state index is 11.5. The molecule has 1 saturated heterocycles. The van der Waals surface area contributed by atoms with Crippen LogP contribution in [0.4, 0.5) is 5.69 Å². The highest BCUT2D eigenvalue weighted by molar-refractivity contribution is 7.92. The van der Waals surface area contributed by atoms with Crippen molar-refractivity contribution in [3.05, 3.63) is 48.5 Å². The van der Waals surface area contributed by atoms with Gasteiger partial charge in [-0.2, -0.15) is 0 Å². The van der Waals surface area contributed by atoms with Crippen LogP contribution in [0.2, 0.25) is 0 Å². The molecule has 9 nitrogen and oxygen atoms in total. The van der Waals surface area contributed by atoms with Gasteiger partial charge in [-0.15, -0.1) is 0 Å². The summed E-state index contributed by atoms with van der Waals surface area (Å²) in [5.41, 5.74) is 1.59. The van der Waals surface area contributed by atoms with Gasteiger partial charge in [0.25, 0.3) is 0 Å². The molecule has 0 saturated carbocycles. The van der Waals surface area contributed by atoms with Gasteiger partial charge in [0, 0.05) is 11.3 Å². The highest BCUT2D eigenvalue weighted by atomic mass is 32.2. The summed E-state index contributed by atoms with van der Waals surface area (Å²) in [6.45, 7) is -0.564. The van der Waals surface area contributed by atoms with Crippen LogP contribution < -0.4 is 9.46 Å². The highest BCUT2D eigenvalue weighted by Crippen LogP contribution is 2.34. The van der Waals surface area contributed by atoms with Gasteiger partial charge in [0.2, 0.25) is 16.3 Å². The standard InChI is InChI=1S/C19H23NO8S/c1-29(25,26)20-12-6-4-5-11(9-12)13-7-2-3-8-14(13)27-19-18(24)17(23)16(22)15(10-21)28-19/h2-9,15-24H,10H2,1H3. The largest absolute Gasteiger partial charge is 0.461 e. The number of aliphatic hydroxyl groups is 4. The van der Waals surface area contributed by atoms with Crippen LogP contribution in [0.25, 0.3) is 11.1 Å². The lowest BCUT2D eigenvalue weighted by Gasteiger charge is -2.39. The zero-order chi connectivity index (χ0) is 21.2. The molecule has 0 spiro atoms. The van der Waals surface area contributed by atoms with E-state index in [1.54, 1.807) is 48.5 Å². The normalized spacial score (nSPS) is 27.4. The lowest BCUT2D eigenvalue weighted by molar-refractivity contribution is -0.277. The maximum absolute atomic E-state index is 11.5. The topological polar surface area (TPSA) is 146 Å². The van der Waals surface area contributed by atoms with Crippen LogP contribution in [0.15, 0.2) is 48.5 Å². The fraction of sp³-hybridized carbons (Fsp3) is 0.368. The van der Waals surface area contributed by atoms with Crippen LogP contribution in [-0.2, 0) is 14.8 Å². The van der Waals surface area contributed by atoms with Gasteiger partial charge in [-0.25, -0.2) is 8.42 Å². The van der Waals surface area contributed by atoms with Crippen molar-refractivity contribution in [2.45, 2.75) is 30.7 Å². The molecule has 1 heterocycles. The molecule has 2 aromatic rings. The summed E-state index contributed by atoms with van der Waals surface area (Å²) in [7, 11) is -3.45. The predicted molar refractivity (Wildman–Crippen MR) is 105 cm³/mol. The number of rotatable bonds is 6. The third-order valence-corrected chi connectivity index (χ3v) is 5.06. The molecule has 3 rings (SSSR count). The van der Waals surface area contributed by atoms with Crippen molar-refractivity contribution in [1.29, 1.82) is 0 Å². The molecule has 1 aliphatic rings. The number of sulfonamides is 1. The fourth-order valence-corrected chi connectivity index (χ4v) is 3.62. The molecule has 158 valence electrons. The first-order valence-electron chi connectivity index (χ1n) is 8.84. The molecule has 10 heteroatoms. The van der Waals surface area contributed by atoms with E-state index in [1.165, 1.54) is 0 Å². The summed E-state index contributed by atoms with van der Waals surface area (Å²) in [5, 5.41) is 39.3. The quantitative estimate of drug-likeness (QED) is 0.432. The number of hydrogen-bond acceptors (Lipinski definition) is 8. The Bertz CT molecular complexity index is 949. The molecule has 0 radical (unpaired) electrons. The predicted octanol–water partition coefficient (Wildman–Crippen LogP) is -0.0962. The van der Waals surface area contributed by atoms with Gasteiger partial charge >= 0.3 is 0 Å². The molecule has 2 aromatic carbocycles. The minimum atomic E-state index is -3.45. The van der Waals surface area contributed by atoms with E-state index in [4.69, 9.17) is 9.47 Å². The Morgan fingerprint density at radius 2 is 1.76 bits per heavy atom. The fourth-order valence-electron chi connectivity index (χ4n) is 3.06. The van der Waals surface area contributed by atoms with Crippen LogP contribution in [0.1, 0.15) is 0 Å². The molecule has 0 amide bonds. The first kappa shape index (κ1) is 21.5. The first-order valence-corrected chi connectivity index (χ1v) is 10.7. The molecule has 5 N–H and O–H groups in total. The van der Waals surface area contributed by atoms with Gasteiger partial charge in [-0.05, 0) is 23.8 Å². The van der Waals surface area contributed by atoms with Crippen molar-refractivity contribution in [3.63, 3.8) is 0 Å². The summed E-state index contributed by atoms with van der Waals surface area (Å²) in [4.78, 5) is 0. The molecule has 29 heavy (non-hydrogen) atoms. The Hall–Kier alpha value is -2.21. The maximum Gasteiger partial charge on any atom is 0.229 e. The Labute approximate surface area is 168 Å². The summed E-state index contributed by atoms with van der Waals surface area (Å²) in [6.07, 6.45) is -5.95. The van der Waals surface area contributed by atoms with Crippen LogP contribution in [-0.4, -0.2) is 72.4 Å². The summed E-state index contributed by atoms with van der Waals surface area (Å²) in [6, 6.07) is 13.5. The number of aliphatic hydroxyl groups excluding tert-OH is 4. The molecule has 1 aliphatic heterocycles. The van der Waals surface area contributed by atoms with E-state index in [-0.39, 0.29) is 0 Å². The van der Waals surface area contributed by atoms with Crippen LogP contribution in [0.3, 0.4) is 0 Å². The number of anilines is 1. The average Bonchev–Trinajstić information content (AvgIpc) is 2.67. The van der Waals surface area contributed by atoms with Gasteiger partial charge in [0.1, 0.15) is 30.2 Å². The van der Waals surface area contributed by atoms with Gasteiger partial charge in [-0.3, -0.25) is 4.72 Å². The van der Waals surface area contributed by atoms with Gasteiger partial charge in [0.05, 0.1) is 12.9 Å². The number of hydrogen-bond donors (Lipinski definition) is 5. The smallest absolute Gasteiger partial charge is 0.229 e. The Kier molecular flexibility index (Phi) is 6.42. The molecule has 0 aliphatic carbocycles. The summed E-state index contributed by atoms with van der Waals surface area (Å²) >= 11 is 0. The molecular weight excluding hydrogens is 402 g/mol. The molecule has 0 aromatic heterocycles. The van der Waals surface area contributed by atoms with Gasteiger partial charge < -0.3 is 29.9 Å². The second-order valence-corrected chi connectivity index (χ2v) is 8.51. The monoisotopic (exact) mass is 425 g/mol. The van der Waals surface area contributed by atoms with Crippen molar-refractivity contribution in [2.75, 3.05) is 17.6 Å². The molecular formula is C19H23NO8S. The first-order chi connectivity index (χ1) is 13.7. The van der Waals surface area contributed by atoms with E-state index in [9.17, 15) is 28.8 Å². The lowest BCUT2D eigenvalue weighted by Crippen LogP contribution is -2.60. The zero-order valence-corrected chi connectivity index (χ0v) is 16.4. The number of para-hydroxylation sites is 1. The zero-order valence-electron chi connectivity index (χ0n) is 15.5. The SMILES string of the molecule is CS(=O)(=O)Nc1cccc(-c2ccccc2OC2OC(CO)C(O)C(O)C2O)c1. The molecule has 1 fully saturated rings. The van der Waals surface area contributed by atoms with Crippen LogP contribution in [0.5, 0.6) is 5.75 Å². The van der Waals surface area contributed by atoms with Crippen molar-refractivity contribution in [2.24, 2.45) is 0 Å². The second kappa shape index (κ2) is 8.66. The molecule has 5 atom stereocenters. The molecule has 0 bridgehead atoms. The average molecular weight is 425 g/mol. The van der Waals surface area contributed by atoms with Crippen molar-refractivity contribution in [1.82, 2.24) is 0 Å². The number of benzene rings is 2. The lowest BCUT2D eigenvalue weighted by atomic mass is 9.99. The number of ether oxygens (including phenoxy) is 2. The third-order valence-electron chi connectivity index (χ3n) is 4.46. The van der Waals surface area contributed by atoms with Crippen molar-refractivity contribution in [3.8, 4) is 16.9 Å². The van der Waals surface area contributed by atoms with Crippen LogP contribution >= 0.6 is 0 Å². The summed E-state index contributed by atoms with van der Waals surface area (Å²) in [5.74, 6) is 0.299. The highest BCUT2D eigenvalue weighted by Gasteiger charge is 2.44. The summed E-state index contributed by atoms with van der Waals surface area (Å²) < 4.78 is 36.5. The van der Waals surface area contributed by atoms with E-state index in [0.29, 0.717) is 22.6 Å². The van der Waals surface area contributed by atoms with E-state index < -0.39 is 47.3 Å². The van der Waals surface area contributed by atoms with Crippen LogP contribution in [0, 0.1) is 0 Å². The minimum absolute atomic E-state index is 0.299. The Balaban J connectivity index is 1.89. The Morgan fingerprint density at radius 3 is 2.45 bits per heavy atom. The van der Waals surface area contributed by atoms with E-state index in [2.05, 4.69) is 4.72 Å². The van der Waals surface area contributed by atoms with E-state index in [0.717, 1.165) is 6.26 Å². The van der Waals surface area contributed by atoms with E-state index >= 15 is 0 Å². The minimum Gasteiger partial charge on any atom is -0.461 e. The van der Waals surface area contributed by atoms with Crippen molar-refractivity contribution < 1.29 is 38.3 Å². The second-order valence-electron chi connectivity index (χ2n) is 6.77.